The Morgan fingerprint density at radius 1 is 0.939 bits per heavy atom. The molecule has 1 spiro atoms. The van der Waals surface area contributed by atoms with Crippen molar-refractivity contribution in [2.75, 3.05) is 13.1 Å². The first-order valence-electron chi connectivity index (χ1n) is 11.2. The van der Waals surface area contributed by atoms with Crippen molar-refractivity contribution in [3.05, 3.63) is 78.1 Å². The summed E-state index contributed by atoms with van der Waals surface area (Å²) in [6.45, 7) is 6.15. The van der Waals surface area contributed by atoms with Gasteiger partial charge in [0.05, 0.1) is 21.0 Å². The molecule has 0 aliphatic carbocycles. The molecule has 33 heavy (non-hydrogen) atoms. The monoisotopic (exact) mass is 464 g/mol. The lowest BCUT2D eigenvalue weighted by molar-refractivity contribution is -0.00931. The highest BCUT2D eigenvalue weighted by Gasteiger charge is 2.44. The summed E-state index contributed by atoms with van der Waals surface area (Å²) in [5.41, 5.74) is 2.19. The lowest BCUT2D eigenvalue weighted by Gasteiger charge is -2.45. The third kappa shape index (κ3) is 3.46. The van der Waals surface area contributed by atoms with E-state index in [1.54, 1.807) is 32.9 Å². The molecule has 3 aromatic rings. The molecular formula is C26H28N2O4S. The van der Waals surface area contributed by atoms with Crippen LogP contribution in [0.2, 0.25) is 0 Å². The molecule has 0 atom stereocenters. The first kappa shape index (κ1) is 21.8. The molecule has 3 heterocycles. The van der Waals surface area contributed by atoms with Crippen molar-refractivity contribution in [3.8, 4) is 11.4 Å². The van der Waals surface area contributed by atoms with Gasteiger partial charge in [-0.05, 0) is 69.3 Å². The van der Waals surface area contributed by atoms with Crippen molar-refractivity contribution in [1.29, 1.82) is 0 Å². The average Bonchev–Trinajstić information content (AvgIpc) is 3.30. The van der Waals surface area contributed by atoms with Crippen LogP contribution in [0.4, 0.5) is 0 Å². The third-order valence-corrected chi connectivity index (χ3v) is 9.23. The van der Waals surface area contributed by atoms with Crippen LogP contribution in [0, 0.1) is 0 Å². The Hall–Kier alpha value is -3.06. The van der Waals surface area contributed by atoms with Gasteiger partial charge in [0.25, 0.3) is 5.91 Å². The number of hydrogen-bond donors (Lipinski definition) is 0. The van der Waals surface area contributed by atoms with Gasteiger partial charge in [0.2, 0.25) is 0 Å². The molecule has 2 aliphatic heterocycles. The number of carbonyl (C=O) groups is 1. The van der Waals surface area contributed by atoms with Crippen LogP contribution in [0.25, 0.3) is 5.69 Å². The predicted octanol–water partition coefficient (Wildman–Crippen LogP) is 4.57. The smallest absolute Gasteiger partial charge is 0.253 e. The Bertz CT molecular complexity index is 1310. The molecule has 0 N–H and O–H groups in total. The number of likely N-dealkylation sites (tertiary alicyclic amines) is 1. The Labute approximate surface area is 194 Å². The molecule has 6 nitrogen and oxygen atoms in total. The Morgan fingerprint density at radius 3 is 2.27 bits per heavy atom. The zero-order chi connectivity index (χ0) is 23.4. The molecule has 0 radical (unpaired) electrons. The molecule has 1 amide bonds. The van der Waals surface area contributed by atoms with Crippen LogP contribution in [0.5, 0.6) is 5.75 Å². The van der Waals surface area contributed by atoms with Crippen LogP contribution in [-0.4, -0.2) is 41.6 Å². The third-order valence-electron chi connectivity index (χ3n) is 6.72. The molecule has 5 rings (SSSR count). The van der Waals surface area contributed by atoms with E-state index in [0.717, 1.165) is 17.1 Å². The van der Waals surface area contributed by atoms with E-state index in [1.165, 1.54) is 12.1 Å². The summed E-state index contributed by atoms with van der Waals surface area (Å²) in [6.07, 6.45) is 3.43. The maximum atomic E-state index is 13.2. The number of ether oxygens (including phenoxy) is 1. The first-order chi connectivity index (χ1) is 15.6. The van der Waals surface area contributed by atoms with E-state index < -0.39 is 20.2 Å². The number of para-hydroxylation sites is 2. The summed E-state index contributed by atoms with van der Waals surface area (Å²) in [5, 5.41) is 0. The fourth-order valence-electron chi connectivity index (χ4n) is 4.71. The highest BCUT2D eigenvalue weighted by Crippen LogP contribution is 2.45. The van der Waals surface area contributed by atoms with Crippen LogP contribution in [-0.2, 0) is 15.4 Å². The lowest BCUT2D eigenvalue weighted by Crippen LogP contribution is -2.50. The van der Waals surface area contributed by atoms with Crippen LogP contribution >= 0.6 is 0 Å². The first-order valence-corrected chi connectivity index (χ1v) is 12.7. The number of carbonyl (C=O) groups excluding carboxylic acids is 1. The fraction of sp³-hybridized carbons (Fsp3) is 0.346. The van der Waals surface area contributed by atoms with Crippen LogP contribution in [0.15, 0.2) is 71.8 Å². The van der Waals surface area contributed by atoms with Crippen LogP contribution < -0.4 is 4.74 Å². The number of fused-ring (bicyclic) bond motifs is 4. The van der Waals surface area contributed by atoms with Gasteiger partial charge in [0, 0.05) is 37.7 Å². The number of piperidine rings is 1. The molecule has 0 unspecified atom stereocenters. The van der Waals surface area contributed by atoms with Gasteiger partial charge in [-0.2, -0.15) is 0 Å². The molecule has 2 aromatic carbocycles. The maximum absolute atomic E-state index is 13.2. The van der Waals surface area contributed by atoms with E-state index in [-0.39, 0.29) is 10.8 Å². The van der Waals surface area contributed by atoms with Gasteiger partial charge in [-0.1, -0.05) is 12.1 Å². The molecule has 1 saturated heterocycles. The zero-order valence-electron chi connectivity index (χ0n) is 19.1. The lowest BCUT2D eigenvalue weighted by atomic mass is 9.86. The van der Waals surface area contributed by atoms with Gasteiger partial charge in [-0.15, -0.1) is 0 Å². The second kappa shape index (κ2) is 7.48. The number of sulfone groups is 1. The molecule has 0 bridgehead atoms. The topological polar surface area (TPSA) is 68.6 Å². The van der Waals surface area contributed by atoms with Gasteiger partial charge in [0.15, 0.2) is 15.4 Å². The SMILES string of the molecule is CC(C)(C)S(=O)(=O)c1ccc(C(=O)N2CCC3(CC2)Oc2ccccc2-n2cccc23)cc1. The van der Waals surface area contributed by atoms with Crippen LogP contribution in [0.3, 0.4) is 0 Å². The number of hydrogen-bond acceptors (Lipinski definition) is 4. The minimum absolute atomic E-state index is 0.0869. The normalized spacial score (nSPS) is 17.2. The van der Waals surface area contributed by atoms with Gasteiger partial charge >= 0.3 is 0 Å². The number of benzene rings is 2. The van der Waals surface area contributed by atoms with Crippen molar-refractivity contribution >= 4 is 15.7 Å². The maximum Gasteiger partial charge on any atom is 0.253 e. The largest absolute Gasteiger partial charge is 0.479 e. The minimum Gasteiger partial charge on any atom is -0.479 e. The molecule has 0 saturated carbocycles. The van der Waals surface area contributed by atoms with Crippen molar-refractivity contribution in [3.63, 3.8) is 0 Å². The fourth-order valence-corrected chi connectivity index (χ4v) is 5.91. The minimum atomic E-state index is -3.45. The average molecular weight is 465 g/mol. The van der Waals surface area contributed by atoms with E-state index in [1.807, 2.05) is 35.2 Å². The summed E-state index contributed by atoms with van der Waals surface area (Å²) < 4.78 is 33.2. The van der Waals surface area contributed by atoms with E-state index in [2.05, 4.69) is 16.8 Å². The molecule has 172 valence electrons. The summed E-state index contributed by atoms with van der Waals surface area (Å²) in [6, 6.07) is 18.5. The van der Waals surface area contributed by atoms with Gasteiger partial charge in [-0.25, -0.2) is 8.42 Å². The van der Waals surface area contributed by atoms with Crippen molar-refractivity contribution in [2.45, 2.75) is 48.9 Å². The zero-order valence-corrected chi connectivity index (χ0v) is 19.9. The number of rotatable bonds is 2. The molecule has 1 aromatic heterocycles. The van der Waals surface area contributed by atoms with E-state index in [9.17, 15) is 13.2 Å². The summed E-state index contributed by atoms with van der Waals surface area (Å²) in [5.74, 6) is 0.771. The standard InChI is InChI=1S/C26H28N2O4S/c1-25(2,3)33(30,31)20-12-10-19(11-13-20)24(29)27-17-14-26(15-18-27)23-9-6-16-28(23)21-7-4-5-8-22(21)32-26/h4-13,16H,14-15,17-18H2,1-3H3. The van der Waals surface area contributed by atoms with Crippen molar-refractivity contribution in [1.82, 2.24) is 9.47 Å². The second-order valence-electron chi connectivity index (χ2n) is 9.76. The van der Waals surface area contributed by atoms with Crippen LogP contribution in [0.1, 0.15) is 49.7 Å². The molecule has 1 fully saturated rings. The quantitative estimate of drug-likeness (QED) is 0.557. The van der Waals surface area contributed by atoms with Crippen molar-refractivity contribution in [2.24, 2.45) is 0 Å². The van der Waals surface area contributed by atoms with Crippen molar-refractivity contribution < 1.29 is 17.9 Å². The summed E-state index contributed by atoms with van der Waals surface area (Å²) in [7, 11) is -3.45. The molecule has 2 aliphatic rings. The highest BCUT2D eigenvalue weighted by atomic mass is 32.2. The van der Waals surface area contributed by atoms with E-state index >= 15 is 0 Å². The van der Waals surface area contributed by atoms with Gasteiger partial charge in [0.1, 0.15) is 5.75 Å². The van der Waals surface area contributed by atoms with Gasteiger partial charge < -0.3 is 14.2 Å². The Balaban J connectivity index is 1.34. The summed E-state index contributed by atoms with van der Waals surface area (Å²) in [4.78, 5) is 15.2. The van der Waals surface area contributed by atoms with Gasteiger partial charge in [-0.3, -0.25) is 4.79 Å². The molecular weight excluding hydrogens is 436 g/mol. The number of aromatic nitrogens is 1. The Morgan fingerprint density at radius 2 is 1.61 bits per heavy atom. The Kier molecular flexibility index (Phi) is 4.94. The van der Waals surface area contributed by atoms with E-state index in [0.29, 0.717) is 31.5 Å². The highest BCUT2D eigenvalue weighted by molar-refractivity contribution is 7.92. The number of nitrogens with zero attached hydrogens (tertiary/aromatic N) is 2. The number of amides is 1. The second-order valence-corrected chi connectivity index (χ2v) is 12.5. The summed E-state index contributed by atoms with van der Waals surface area (Å²) >= 11 is 0. The predicted molar refractivity (Wildman–Crippen MR) is 127 cm³/mol. The molecule has 7 heteroatoms. The van der Waals surface area contributed by atoms with E-state index in [4.69, 9.17) is 4.74 Å².